The zero-order chi connectivity index (χ0) is 15.8. The van der Waals surface area contributed by atoms with Crippen LogP contribution in [-0.2, 0) is 9.53 Å². The highest BCUT2D eigenvalue weighted by atomic mass is 16.5. The van der Waals surface area contributed by atoms with Crippen LogP contribution >= 0.6 is 0 Å². The van der Waals surface area contributed by atoms with Crippen molar-refractivity contribution in [3.8, 4) is 0 Å². The highest BCUT2D eigenvalue weighted by Crippen LogP contribution is 2.18. The monoisotopic (exact) mass is 305 g/mol. The number of aryl methyl sites for hydroxylation is 1. The molecule has 1 fully saturated rings. The largest absolute Gasteiger partial charge is 0.385 e. The Bertz CT molecular complexity index is 471. The van der Waals surface area contributed by atoms with E-state index in [1.54, 1.807) is 7.11 Å². The van der Waals surface area contributed by atoms with Crippen LogP contribution in [0.15, 0.2) is 18.2 Å². The molecule has 0 unspecified atom stereocenters. The third-order valence-corrected chi connectivity index (χ3v) is 4.06. The lowest BCUT2D eigenvalue weighted by Crippen LogP contribution is -2.44. The van der Waals surface area contributed by atoms with Gasteiger partial charge in [0, 0.05) is 45.0 Å². The molecule has 1 N–H and O–H groups in total. The molecule has 0 spiro atoms. The Morgan fingerprint density at radius 3 is 2.82 bits per heavy atom. The Kier molecular flexibility index (Phi) is 6.65. The maximum absolute atomic E-state index is 11.9. The van der Waals surface area contributed by atoms with Crippen molar-refractivity contribution < 1.29 is 9.53 Å². The standard InChI is InChI=1S/C17H27N3O2/c1-14-6-5-7-16(18-14)20-11-9-15(10-12-20)19-17(21)8-3-4-13-22-2/h5-7,15H,3-4,8-13H2,1-2H3,(H,19,21). The fourth-order valence-electron chi connectivity index (χ4n) is 2.79. The van der Waals surface area contributed by atoms with Gasteiger partial charge in [0.1, 0.15) is 5.82 Å². The van der Waals surface area contributed by atoms with Crippen LogP contribution in [0.5, 0.6) is 0 Å². The fourth-order valence-corrected chi connectivity index (χ4v) is 2.79. The number of amides is 1. The lowest BCUT2D eigenvalue weighted by molar-refractivity contribution is -0.122. The number of carbonyl (C=O) groups excluding carboxylic acids is 1. The van der Waals surface area contributed by atoms with Gasteiger partial charge < -0.3 is 15.0 Å². The summed E-state index contributed by atoms with van der Waals surface area (Å²) in [5.74, 6) is 1.22. The van der Waals surface area contributed by atoms with E-state index in [9.17, 15) is 4.79 Å². The summed E-state index contributed by atoms with van der Waals surface area (Å²) in [5.41, 5.74) is 1.05. The number of ether oxygens (including phenoxy) is 1. The molecule has 0 atom stereocenters. The number of pyridine rings is 1. The van der Waals surface area contributed by atoms with Crippen LogP contribution in [-0.4, -0.2) is 43.7 Å². The smallest absolute Gasteiger partial charge is 0.220 e. The molecule has 5 heteroatoms. The van der Waals surface area contributed by atoms with Gasteiger partial charge in [-0.05, 0) is 44.7 Å². The highest BCUT2D eigenvalue weighted by Gasteiger charge is 2.21. The topological polar surface area (TPSA) is 54.5 Å². The number of anilines is 1. The Morgan fingerprint density at radius 2 is 2.14 bits per heavy atom. The lowest BCUT2D eigenvalue weighted by Gasteiger charge is -2.33. The second-order valence-electron chi connectivity index (χ2n) is 5.92. The molecule has 1 aliphatic rings. The van der Waals surface area contributed by atoms with E-state index in [0.717, 1.165) is 56.9 Å². The van der Waals surface area contributed by atoms with Gasteiger partial charge in [-0.3, -0.25) is 4.79 Å². The van der Waals surface area contributed by atoms with Gasteiger partial charge in [-0.2, -0.15) is 0 Å². The summed E-state index contributed by atoms with van der Waals surface area (Å²) in [5, 5.41) is 3.15. The van der Waals surface area contributed by atoms with Crippen molar-refractivity contribution >= 4 is 11.7 Å². The number of hydrogen-bond donors (Lipinski definition) is 1. The number of nitrogens with one attached hydrogen (secondary N) is 1. The molecule has 5 nitrogen and oxygen atoms in total. The van der Waals surface area contributed by atoms with E-state index in [1.165, 1.54) is 0 Å². The van der Waals surface area contributed by atoms with Crippen LogP contribution in [0.1, 0.15) is 37.8 Å². The van der Waals surface area contributed by atoms with Gasteiger partial charge in [0.2, 0.25) is 5.91 Å². The van der Waals surface area contributed by atoms with Crippen LogP contribution in [0.3, 0.4) is 0 Å². The molecule has 0 aliphatic carbocycles. The number of hydrogen-bond acceptors (Lipinski definition) is 4. The molecule has 122 valence electrons. The zero-order valence-electron chi connectivity index (χ0n) is 13.7. The SMILES string of the molecule is COCCCCC(=O)NC1CCN(c2cccc(C)n2)CC1. The predicted octanol–water partition coefficient (Wildman–Crippen LogP) is 2.29. The summed E-state index contributed by atoms with van der Waals surface area (Å²) < 4.78 is 4.99. The maximum Gasteiger partial charge on any atom is 0.220 e. The van der Waals surface area contributed by atoms with Crippen LogP contribution in [0.25, 0.3) is 0 Å². The number of methoxy groups -OCH3 is 1. The van der Waals surface area contributed by atoms with Gasteiger partial charge in [-0.1, -0.05) is 6.07 Å². The van der Waals surface area contributed by atoms with E-state index in [0.29, 0.717) is 12.5 Å². The number of nitrogens with zero attached hydrogens (tertiary/aromatic N) is 2. The van der Waals surface area contributed by atoms with Crippen molar-refractivity contribution in [3.05, 3.63) is 23.9 Å². The van der Waals surface area contributed by atoms with E-state index in [2.05, 4.69) is 21.3 Å². The van der Waals surface area contributed by atoms with Crippen molar-refractivity contribution in [1.82, 2.24) is 10.3 Å². The minimum absolute atomic E-state index is 0.170. The summed E-state index contributed by atoms with van der Waals surface area (Å²) in [7, 11) is 1.69. The van der Waals surface area contributed by atoms with E-state index < -0.39 is 0 Å². The molecule has 0 radical (unpaired) electrons. The number of aromatic nitrogens is 1. The van der Waals surface area contributed by atoms with Crippen molar-refractivity contribution in [2.45, 2.75) is 45.1 Å². The Morgan fingerprint density at radius 1 is 1.36 bits per heavy atom. The van der Waals surface area contributed by atoms with Gasteiger partial charge in [0.15, 0.2) is 0 Å². The average Bonchev–Trinajstić information content (AvgIpc) is 2.52. The Hall–Kier alpha value is -1.62. The van der Waals surface area contributed by atoms with Crippen LogP contribution in [0, 0.1) is 6.92 Å². The minimum atomic E-state index is 0.170. The maximum atomic E-state index is 11.9. The van der Waals surface area contributed by atoms with Gasteiger partial charge in [-0.25, -0.2) is 4.98 Å². The molecule has 22 heavy (non-hydrogen) atoms. The number of carbonyl (C=O) groups is 1. The lowest BCUT2D eigenvalue weighted by atomic mass is 10.0. The summed E-state index contributed by atoms with van der Waals surface area (Å²) in [6.07, 6.45) is 4.41. The molecule has 2 rings (SSSR count). The third kappa shape index (κ3) is 5.30. The molecule has 0 bridgehead atoms. The predicted molar refractivity (Wildman–Crippen MR) is 88.1 cm³/mol. The van der Waals surface area contributed by atoms with E-state index >= 15 is 0 Å². The molecule has 1 saturated heterocycles. The molecular weight excluding hydrogens is 278 g/mol. The molecular formula is C17H27N3O2. The number of unbranched alkanes of at least 4 members (excludes halogenated alkanes) is 1. The minimum Gasteiger partial charge on any atom is -0.385 e. The first-order valence-corrected chi connectivity index (χ1v) is 8.16. The third-order valence-electron chi connectivity index (χ3n) is 4.06. The first kappa shape index (κ1) is 16.7. The van der Waals surface area contributed by atoms with Crippen molar-refractivity contribution in [2.75, 3.05) is 31.7 Å². The summed E-state index contributed by atoms with van der Waals surface area (Å²) in [4.78, 5) is 18.8. The summed E-state index contributed by atoms with van der Waals surface area (Å²) >= 11 is 0. The first-order chi connectivity index (χ1) is 10.7. The number of piperidine rings is 1. The van der Waals surface area contributed by atoms with Crippen molar-refractivity contribution in [3.63, 3.8) is 0 Å². The molecule has 0 saturated carbocycles. The second kappa shape index (κ2) is 8.73. The molecule has 1 aliphatic heterocycles. The van der Waals surface area contributed by atoms with Crippen LogP contribution in [0.2, 0.25) is 0 Å². The summed E-state index contributed by atoms with van der Waals surface area (Å²) in [6, 6.07) is 6.42. The van der Waals surface area contributed by atoms with Gasteiger partial charge in [0.05, 0.1) is 0 Å². The van der Waals surface area contributed by atoms with Crippen LogP contribution < -0.4 is 10.2 Å². The van der Waals surface area contributed by atoms with Gasteiger partial charge in [0.25, 0.3) is 0 Å². The fraction of sp³-hybridized carbons (Fsp3) is 0.647. The highest BCUT2D eigenvalue weighted by molar-refractivity contribution is 5.76. The van der Waals surface area contributed by atoms with E-state index in [4.69, 9.17) is 4.74 Å². The second-order valence-corrected chi connectivity index (χ2v) is 5.92. The Labute approximate surface area is 133 Å². The van der Waals surface area contributed by atoms with E-state index in [1.807, 2.05) is 19.1 Å². The van der Waals surface area contributed by atoms with E-state index in [-0.39, 0.29) is 5.91 Å². The molecule has 2 heterocycles. The normalized spacial score (nSPS) is 15.8. The number of rotatable bonds is 7. The van der Waals surface area contributed by atoms with Crippen LogP contribution in [0.4, 0.5) is 5.82 Å². The molecule has 1 aromatic rings. The quantitative estimate of drug-likeness (QED) is 0.785. The van der Waals surface area contributed by atoms with Gasteiger partial charge >= 0.3 is 0 Å². The average molecular weight is 305 g/mol. The van der Waals surface area contributed by atoms with Gasteiger partial charge in [-0.15, -0.1) is 0 Å². The summed E-state index contributed by atoms with van der Waals surface area (Å²) in [6.45, 7) is 4.64. The van der Waals surface area contributed by atoms with Crippen molar-refractivity contribution in [2.24, 2.45) is 0 Å². The Balaban J connectivity index is 1.69. The molecule has 0 aromatic carbocycles. The molecule has 1 aromatic heterocycles. The zero-order valence-corrected chi connectivity index (χ0v) is 13.7. The van der Waals surface area contributed by atoms with Crippen molar-refractivity contribution in [1.29, 1.82) is 0 Å². The first-order valence-electron chi connectivity index (χ1n) is 8.16. The molecule has 1 amide bonds.